The molecule has 236 valence electrons. The van der Waals surface area contributed by atoms with Crippen LogP contribution < -0.4 is 11.1 Å². The zero-order valence-electron chi connectivity index (χ0n) is 28.0. The van der Waals surface area contributed by atoms with Crippen LogP contribution in [0.2, 0.25) is 0 Å². The van der Waals surface area contributed by atoms with Crippen molar-refractivity contribution in [2.45, 2.75) is 72.1 Å². The van der Waals surface area contributed by atoms with E-state index in [4.69, 9.17) is 0 Å². The third-order valence-electron chi connectivity index (χ3n) is 11.0. The Bertz CT molecular complexity index is 2600. The third-order valence-corrected chi connectivity index (χ3v) is 11.0. The van der Waals surface area contributed by atoms with Crippen molar-refractivity contribution in [3.05, 3.63) is 122 Å². The van der Waals surface area contributed by atoms with Gasteiger partial charge in [-0.05, 0) is 120 Å². The quantitative estimate of drug-likeness (QED) is 0.142. The molecule has 1 heterocycles. The molecule has 0 amide bonds. The van der Waals surface area contributed by atoms with Crippen molar-refractivity contribution >= 4 is 64.6 Å². The second kappa shape index (κ2) is 11.0. The Labute approximate surface area is 279 Å². The van der Waals surface area contributed by atoms with E-state index in [1.54, 1.807) is 0 Å². The second-order valence-corrected chi connectivity index (χ2v) is 13.8. The van der Waals surface area contributed by atoms with Crippen LogP contribution in [-0.4, -0.2) is 4.57 Å². The van der Waals surface area contributed by atoms with Gasteiger partial charge in [0.2, 0.25) is 0 Å². The van der Waals surface area contributed by atoms with Gasteiger partial charge in [0, 0.05) is 5.56 Å². The van der Waals surface area contributed by atoms with Crippen molar-refractivity contribution in [1.82, 2.24) is 4.57 Å². The largest absolute Gasteiger partial charge is 0.268 e. The van der Waals surface area contributed by atoms with Gasteiger partial charge in [-0.2, -0.15) is 0 Å². The number of rotatable bonds is 10. The van der Waals surface area contributed by atoms with Crippen molar-refractivity contribution in [2.75, 3.05) is 0 Å². The molecule has 1 aromatic heterocycles. The maximum Gasteiger partial charge on any atom is 0.266 e. The first kappa shape index (κ1) is 29.1. The molecule has 0 spiro atoms. The minimum atomic E-state index is -0.197. The smallest absolute Gasteiger partial charge is 0.266 e. The average molecular weight is 626 g/mol. The molecule has 0 radical (unpaired) electrons. The van der Waals surface area contributed by atoms with Crippen LogP contribution in [0.5, 0.6) is 0 Å². The van der Waals surface area contributed by atoms with E-state index in [9.17, 15) is 0 Å². The number of para-hydroxylation sites is 1. The van der Waals surface area contributed by atoms with Crippen LogP contribution in [0.4, 0.5) is 0 Å². The number of fused-ring (bicyclic) bond motifs is 3. The van der Waals surface area contributed by atoms with Crippen molar-refractivity contribution in [1.29, 1.82) is 0 Å². The predicted octanol–water partition coefficient (Wildman–Crippen LogP) is 11.2. The van der Waals surface area contributed by atoms with E-state index in [1.807, 2.05) is 18.2 Å². The molecule has 3 nitrogen and oxygen atoms in total. The highest BCUT2D eigenvalue weighted by Gasteiger charge is 2.30. The van der Waals surface area contributed by atoms with Gasteiger partial charge in [-0.25, -0.2) is 4.57 Å². The van der Waals surface area contributed by atoms with Crippen molar-refractivity contribution < 1.29 is 0 Å². The van der Waals surface area contributed by atoms with Crippen molar-refractivity contribution in [3.63, 3.8) is 0 Å². The van der Waals surface area contributed by atoms with Gasteiger partial charge in [-0.15, -0.1) is 0 Å². The van der Waals surface area contributed by atoms with E-state index in [2.05, 4.69) is 87.5 Å². The van der Waals surface area contributed by atoms with Crippen LogP contribution in [0.3, 0.4) is 0 Å². The third kappa shape index (κ3) is 3.88. The highest BCUT2D eigenvalue weighted by molar-refractivity contribution is 6.48. The van der Waals surface area contributed by atoms with Gasteiger partial charge in [-0.3, -0.25) is 9.59 Å². The number of benzene rings is 7. The summed E-state index contributed by atoms with van der Waals surface area (Å²) < 4.78 is 1.54. The van der Waals surface area contributed by atoms with Crippen LogP contribution in [0.25, 0.3) is 81.4 Å². The molecular weight excluding hydrogens is 587 g/mol. The van der Waals surface area contributed by atoms with Crippen LogP contribution in [0, 0.1) is 0 Å². The Morgan fingerprint density at radius 3 is 1.58 bits per heavy atom. The number of nitrogens with zero attached hydrogens (tertiary/aromatic N) is 1. The molecular formula is C45H39NO2. The molecule has 0 aliphatic rings. The first-order valence-corrected chi connectivity index (χ1v) is 17.9. The van der Waals surface area contributed by atoms with E-state index < -0.39 is 0 Å². The Balaban J connectivity index is 1.52. The summed E-state index contributed by atoms with van der Waals surface area (Å²) in [6.45, 7) is 6.61. The lowest BCUT2D eigenvalue weighted by Crippen LogP contribution is -2.25. The monoisotopic (exact) mass is 625 g/mol. The molecule has 0 aliphatic heterocycles. The Kier molecular flexibility index (Phi) is 6.69. The van der Waals surface area contributed by atoms with E-state index in [0.717, 1.165) is 95.3 Å². The standard InChI is InChI=1S/C45H39NO2/c1-4-7-14-29-24-34-39-37-31(29)22-20-27-21-23-32-30(15-8-5-2)25-35(40(39)38(32)36(27)37)42-41(34)44(47)46(45(42)48)43-28(13-6-3)18-12-19-33(43)26-16-10-9-11-17-26/h9-12,16-25H,4-8,13-15H2,1-3H3. The van der Waals surface area contributed by atoms with Gasteiger partial charge < -0.3 is 0 Å². The van der Waals surface area contributed by atoms with Crippen molar-refractivity contribution in [2.24, 2.45) is 0 Å². The Hall–Kier alpha value is -5.02. The fourth-order valence-electron chi connectivity index (χ4n) is 8.86. The molecule has 0 bridgehead atoms. The van der Waals surface area contributed by atoms with Gasteiger partial charge in [0.05, 0.1) is 16.5 Å². The van der Waals surface area contributed by atoms with E-state index in [0.29, 0.717) is 10.8 Å². The molecule has 0 N–H and O–H groups in total. The first-order valence-electron chi connectivity index (χ1n) is 17.9. The maximum atomic E-state index is 15.2. The fraction of sp³-hybridized carbons (Fsp3) is 0.244. The molecule has 0 aliphatic carbocycles. The number of aromatic nitrogens is 1. The summed E-state index contributed by atoms with van der Waals surface area (Å²) in [6, 6.07) is 30.1. The number of hydrogen-bond donors (Lipinski definition) is 0. The van der Waals surface area contributed by atoms with Gasteiger partial charge in [-0.1, -0.05) is 113 Å². The maximum absolute atomic E-state index is 15.2. The number of hydrogen-bond acceptors (Lipinski definition) is 2. The lowest BCUT2D eigenvalue weighted by Gasteiger charge is -2.15. The molecule has 9 aromatic rings. The Morgan fingerprint density at radius 1 is 0.479 bits per heavy atom. The molecule has 9 rings (SSSR count). The summed E-state index contributed by atoms with van der Waals surface area (Å²) in [5.74, 6) is 0. The first-order chi connectivity index (χ1) is 23.6. The van der Waals surface area contributed by atoms with Gasteiger partial charge in [0.25, 0.3) is 11.1 Å². The summed E-state index contributed by atoms with van der Waals surface area (Å²) in [5, 5.41) is 13.0. The van der Waals surface area contributed by atoms with Crippen molar-refractivity contribution in [3.8, 4) is 16.8 Å². The molecule has 0 atom stereocenters. The Morgan fingerprint density at radius 2 is 1.04 bits per heavy atom. The SMILES string of the molecule is CCCCc1cc2c3c(=O)n(-c4c(CCC)cccc4-c4ccccc4)c(=O)c3c3cc(CCCC)c4ccc5ccc1c1c5c4c3c21. The molecule has 3 heteroatoms. The molecule has 0 saturated heterocycles. The summed E-state index contributed by atoms with van der Waals surface area (Å²) in [4.78, 5) is 30.4. The highest BCUT2D eigenvalue weighted by Crippen LogP contribution is 2.52. The zero-order valence-corrected chi connectivity index (χ0v) is 28.0. The van der Waals surface area contributed by atoms with E-state index >= 15 is 9.59 Å². The average Bonchev–Trinajstić information content (AvgIpc) is 3.61. The van der Waals surface area contributed by atoms with E-state index in [-0.39, 0.29) is 11.1 Å². The fourth-order valence-corrected chi connectivity index (χ4v) is 8.86. The molecule has 0 saturated carbocycles. The second-order valence-electron chi connectivity index (χ2n) is 13.8. The number of unbranched alkanes of at least 4 members (excludes halogenated alkanes) is 2. The predicted molar refractivity (Wildman–Crippen MR) is 205 cm³/mol. The lowest BCUT2D eigenvalue weighted by atomic mass is 9.90. The minimum absolute atomic E-state index is 0.197. The summed E-state index contributed by atoms with van der Waals surface area (Å²) in [5.41, 5.74) is 5.84. The van der Waals surface area contributed by atoms with Crippen LogP contribution in [0.15, 0.2) is 94.5 Å². The highest BCUT2D eigenvalue weighted by atomic mass is 16.2. The molecule has 0 unspecified atom stereocenters. The summed E-state index contributed by atoms with van der Waals surface area (Å²) in [6.07, 6.45) is 7.92. The summed E-state index contributed by atoms with van der Waals surface area (Å²) in [7, 11) is 0. The molecule has 8 aromatic carbocycles. The molecule has 48 heavy (non-hydrogen) atoms. The molecule has 0 fully saturated rings. The van der Waals surface area contributed by atoms with Gasteiger partial charge in [0.1, 0.15) is 0 Å². The lowest BCUT2D eigenvalue weighted by molar-refractivity contribution is 0.799. The van der Waals surface area contributed by atoms with Gasteiger partial charge in [0.15, 0.2) is 0 Å². The number of aryl methyl sites for hydroxylation is 3. The van der Waals surface area contributed by atoms with Crippen LogP contribution in [0.1, 0.15) is 69.6 Å². The summed E-state index contributed by atoms with van der Waals surface area (Å²) >= 11 is 0. The normalized spacial score (nSPS) is 12.5. The van der Waals surface area contributed by atoms with Crippen LogP contribution in [-0.2, 0) is 19.3 Å². The topological polar surface area (TPSA) is 39.1 Å². The van der Waals surface area contributed by atoms with Gasteiger partial charge >= 0.3 is 0 Å². The van der Waals surface area contributed by atoms with E-state index in [1.165, 1.54) is 48.0 Å². The van der Waals surface area contributed by atoms with Crippen LogP contribution >= 0.6 is 0 Å². The minimum Gasteiger partial charge on any atom is -0.268 e. The zero-order chi connectivity index (χ0) is 32.7.